The molecule has 0 aromatic heterocycles. The lowest BCUT2D eigenvalue weighted by atomic mass is 10.1. The molecule has 0 aliphatic heterocycles. The van der Waals surface area contributed by atoms with Crippen LogP contribution in [0.25, 0.3) is 33.0 Å². The maximum Gasteiger partial charge on any atom is 0.0447 e. The Balaban J connectivity index is 2.40. The van der Waals surface area contributed by atoms with Gasteiger partial charge in [-0.25, -0.2) is 0 Å². The van der Waals surface area contributed by atoms with Crippen LogP contribution in [-0.4, -0.2) is 0 Å². The maximum atomic E-state index is 8.52. The zero-order valence-electron chi connectivity index (χ0n) is 10.5. The van der Waals surface area contributed by atoms with Crippen LogP contribution in [0.4, 0.5) is 11.4 Å². The Kier molecular flexibility index (Phi) is 4.41. The predicted octanol–water partition coefficient (Wildman–Crippen LogP) is 5.74. The first kappa shape index (κ1) is 13.2. The molecule has 20 heavy (non-hydrogen) atoms. The van der Waals surface area contributed by atoms with Gasteiger partial charge in [-0.1, -0.05) is 70.9 Å². The van der Waals surface area contributed by atoms with Gasteiger partial charge in [0.2, 0.25) is 0 Å². The van der Waals surface area contributed by atoms with E-state index in [0.29, 0.717) is 11.4 Å². The van der Waals surface area contributed by atoms with Crippen molar-refractivity contribution in [3.05, 3.63) is 80.5 Å². The summed E-state index contributed by atoms with van der Waals surface area (Å²) in [5.41, 5.74) is 19.7. The van der Waals surface area contributed by atoms with Gasteiger partial charge in [0.25, 0.3) is 0 Å². The summed E-state index contributed by atoms with van der Waals surface area (Å²) in [5, 5.41) is 7.25. The molecule has 2 rings (SSSR count). The molecule has 6 heteroatoms. The highest BCUT2D eigenvalue weighted by atomic mass is 15.1. The van der Waals surface area contributed by atoms with Crippen LogP contribution in [0, 0.1) is 0 Å². The van der Waals surface area contributed by atoms with Crippen LogP contribution in [0.15, 0.2) is 58.8 Å². The Morgan fingerprint density at radius 1 is 0.700 bits per heavy atom. The van der Waals surface area contributed by atoms with Gasteiger partial charge in [-0.05, 0) is 22.2 Å². The Morgan fingerprint density at radius 3 is 1.50 bits per heavy atom. The molecule has 0 saturated heterocycles. The Hall–Kier alpha value is -3.20. The van der Waals surface area contributed by atoms with Crippen molar-refractivity contribution < 1.29 is 0 Å². The minimum Gasteiger partial charge on any atom is -0.0618 e. The van der Waals surface area contributed by atoms with E-state index < -0.39 is 0 Å². The van der Waals surface area contributed by atoms with E-state index in [1.807, 2.05) is 36.4 Å². The Bertz CT molecular complexity index is 673. The monoisotopic (exact) mass is 262 g/mol. The molecule has 0 heterocycles. The van der Waals surface area contributed by atoms with Crippen molar-refractivity contribution in [1.82, 2.24) is 0 Å². The van der Waals surface area contributed by atoms with Gasteiger partial charge in [0.05, 0.1) is 0 Å². The van der Waals surface area contributed by atoms with E-state index in [1.165, 1.54) is 0 Å². The average molecular weight is 262 g/mol. The molecule has 0 atom stereocenters. The summed E-state index contributed by atoms with van der Waals surface area (Å²) < 4.78 is 0. The Morgan fingerprint density at radius 2 is 1.10 bits per heavy atom. The lowest BCUT2D eigenvalue weighted by Gasteiger charge is -2.00. The van der Waals surface area contributed by atoms with Crippen LogP contribution >= 0.6 is 0 Å². The standard InChI is InChI=1S/C14H10N6/c15-19-17-13-7-3-1-5-11(13)9-10-12-6-2-4-8-14(12)18-20-16/h1-10H/b10-9-. The second-order valence-electron chi connectivity index (χ2n) is 3.83. The number of azide groups is 2. The molecule has 0 fully saturated rings. The number of benzene rings is 2. The van der Waals surface area contributed by atoms with Crippen LogP contribution < -0.4 is 0 Å². The van der Waals surface area contributed by atoms with Crippen molar-refractivity contribution in [2.45, 2.75) is 0 Å². The van der Waals surface area contributed by atoms with Crippen LogP contribution in [0.3, 0.4) is 0 Å². The van der Waals surface area contributed by atoms with E-state index in [0.717, 1.165) is 11.1 Å². The first-order valence-corrected chi connectivity index (χ1v) is 5.81. The van der Waals surface area contributed by atoms with Crippen molar-refractivity contribution in [1.29, 1.82) is 0 Å². The lowest BCUT2D eigenvalue weighted by Crippen LogP contribution is -1.75. The molecule has 0 spiro atoms. The number of nitrogens with zero attached hydrogens (tertiary/aromatic N) is 6. The van der Waals surface area contributed by atoms with Crippen molar-refractivity contribution in [3.8, 4) is 0 Å². The fraction of sp³-hybridized carbons (Fsp3) is 0. The molecule has 0 radical (unpaired) electrons. The maximum absolute atomic E-state index is 8.52. The van der Waals surface area contributed by atoms with Crippen LogP contribution in [0.1, 0.15) is 11.1 Å². The zero-order chi connectivity index (χ0) is 14.2. The highest BCUT2D eigenvalue weighted by Crippen LogP contribution is 2.24. The molecule has 0 N–H and O–H groups in total. The van der Waals surface area contributed by atoms with Gasteiger partial charge in [-0.15, -0.1) is 0 Å². The van der Waals surface area contributed by atoms with Crippen LogP contribution in [0.5, 0.6) is 0 Å². The summed E-state index contributed by atoms with van der Waals surface area (Å²) in [5.74, 6) is 0. The summed E-state index contributed by atoms with van der Waals surface area (Å²) in [6.45, 7) is 0. The molecule has 0 aliphatic rings. The van der Waals surface area contributed by atoms with Gasteiger partial charge in [-0.2, -0.15) is 0 Å². The van der Waals surface area contributed by atoms with Crippen LogP contribution in [-0.2, 0) is 0 Å². The molecule has 2 aromatic rings. The molecule has 0 unspecified atom stereocenters. The molecular weight excluding hydrogens is 252 g/mol. The third-order valence-electron chi connectivity index (χ3n) is 2.62. The highest BCUT2D eigenvalue weighted by molar-refractivity contribution is 5.78. The Labute approximate surface area is 115 Å². The first-order chi connectivity index (χ1) is 9.85. The van der Waals surface area contributed by atoms with Gasteiger partial charge in [0.15, 0.2) is 0 Å². The molecule has 0 saturated carbocycles. The minimum absolute atomic E-state index is 0.549. The largest absolute Gasteiger partial charge is 0.0618 e. The van der Waals surface area contributed by atoms with E-state index >= 15 is 0 Å². The summed E-state index contributed by atoms with van der Waals surface area (Å²) >= 11 is 0. The molecular formula is C14H10N6. The molecule has 6 nitrogen and oxygen atoms in total. The van der Waals surface area contributed by atoms with Gasteiger partial charge >= 0.3 is 0 Å². The fourth-order valence-corrected chi connectivity index (χ4v) is 1.71. The van der Waals surface area contributed by atoms with E-state index in [1.54, 1.807) is 24.3 Å². The van der Waals surface area contributed by atoms with Gasteiger partial charge < -0.3 is 0 Å². The molecule has 96 valence electrons. The second-order valence-corrected chi connectivity index (χ2v) is 3.83. The number of hydrogen-bond donors (Lipinski definition) is 0. The van der Waals surface area contributed by atoms with E-state index in [-0.39, 0.29) is 0 Å². The van der Waals surface area contributed by atoms with Crippen molar-refractivity contribution in [2.24, 2.45) is 10.2 Å². The minimum atomic E-state index is 0.549. The zero-order valence-corrected chi connectivity index (χ0v) is 10.5. The topological polar surface area (TPSA) is 97.5 Å². The van der Waals surface area contributed by atoms with Gasteiger partial charge in [0.1, 0.15) is 0 Å². The van der Waals surface area contributed by atoms with E-state index in [4.69, 9.17) is 11.1 Å². The number of hydrogen-bond acceptors (Lipinski definition) is 2. The van der Waals surface area contributed by atoms with Crippen molar-refractivity contribution >= 4 is 23.5 Å². The van der Waals surface area contributed by atoms with Crippen molar-refractivity contribution in [3.63, 3.8) is 0 Å². The third kappa shape index (κ3) is 3.17. The number of rotatable bonds is 4. The van der Waals surface area contributed by atoms with E-state index in [9.17, 15) is 0 Å². The lowest BCUT2D eigenvalue weighted by molar-refractivity contribution is 1.45. The SMILES string of the molecule is [N-]=[N+]=Nc1ccccc1/C=C\c1ccccc1N=[N+]=[N-]. The average Bonchev–Trinajstić information content (AvgIpc) is 2.48. The predicted molar refractivity (Wildman–Crippen MR) is 79.4 cm³/mol. The summed E-state index contributed by atoms with van der Waals surface area (Å²) in [4.78, 5) is 5.59. The van der Waals surface area contributed by atoms with E-state index in [2.05, 4.69) is 20.1 Å². The summed E-state index contributed by atoms with van der Waals surface area (Å²) in [6.07, 6.45) is 3.63. The van der Waals surface area contributed by atoms with Crippen molar-refractivity contribution in [2.75, 3.05) is 0 Å². The summed E-state index contributed by atoms with van der Waals surface area (Å²) in [6, 6.07) is 14.5. The molecule has 0 bridgehead atoms. The molecule has 0 amide bonds. The van der Waals surface area contributed by atoms with Gasteiger partial charge in [0, 0.05) is 21.2 Å². The first-order valence-electron chi connectivity index (χ1n) is 5.81. The quantitative estimate of drug-likeness (QED) is 0.290. The highest BCUT2D eigenvalue weighted by Gasteiger charge is 1.97. The third-order valence-corrected chi connectivity index (χ3v) is 2.62. The summed E-state index contributed by atoms with van der Waals surface area (Å²) in [7, 11) is 0. The fourth-order valence-electron chi connectivity index (χ4n) is 1.71. The molecule has 2 aromatic carbocycles. The smallest absolute Gasteiger partial charge is 0.0447 e. The molecule has 0 aliphatic carbocycles. The normalized spacial score (nSPS) is 9.80. The van der Waals surface area contributed by atoms with Gasteiger partial charge in [-0.3, -0.25) is 0 Å². The van der Waals surface area contributed by atoms with Crippen LogP contribution in [0.2, 0.25) is 0 Å². The second kappa shape index (κ2) is 6.66.